The summed E-state index contributed by atoms with van der Waals surface area (Å²) in [5.74, 6) is 1.94. The fraction of sp³-hybridized carbons (Fsp3) is 0.450. The average molecular weight is 366 g/mol. The Morgan fingerprint density at radius 1 is 0.815 bits per heavy atom. The average Bonchev–Trinajstić information content (AvgIpc) is 2.74. The summed E-state index contributed by atoms with van der Waals surface area (Å²) in [5, 5.41) is 0. The van der Waals surface area contributed by atoms with Gasteiger partial charge in [-0.3, -0.25) is 4.79 Å². The molecule has 2 fully saturated rings. The zero-order valence-electron chi connectivity index (χ0n) is 15.8. The number of aryl methyl sites for hydroxylation is 1. The largest absolute Gasteiger partial charge is 0.368 e. The van der Waals surface area contributed by atoms with Crippen molar-refractivity contribution in [2.45, 2.75) is 6.92 Å². The number of carbonyl (C=O) groups is 1. The monoisotopic (exact) mass is 366 g/mol. The van der Waals surface area contributed by atoms with Crippen LogP contribution in [0.3, 0.4) is 0 Å². The first-order chi connectivity index (χ1) is 13.2. The number of piperazine rings is 2. The third kappa shape index (κ3) is 3.97. The van der Waals surface area contributed by atoms with Crippen LogP contribution >= 0.6 is 0 Å². The second kappa shape index (κ2) is 7.82. The SMILES string of the molecule is Cc1cccc(N2CCN(c3cc(N4CCN(C=O)CC4)ncn3)CC2)c1. The standard InChI is InChI=1S/C20H26N6O/c1-17-3-2-4-18(13-17)24-9-11-26(12-10-24)20-14-19(21-15-22-20)25-7-5-23(16-27)6-8-25/h2-4,13-16H,5-12H2,1H3. The van der Waals surface area contributed by atoms with Crippen LogP contribution in [0.4, 0.5) is 17.3 Å². The molecule has 7 nitrogen and oxygen atoms in total. The molecule has 0 N–H and O–H groups in total. The van der Waals surface area contributed by atoms with E-state index in [2.05, 4.69) is 61.9 Å². The fourth-order valence-corrected chi connectivity index (χ4v) is 3.76. The highest BCUT2D eigenvalue weighted by Crippen LogP contribution is 2.22. The molecular weight excluding hydrogens is 340 g/mol. The van der Waals surface area contributed by atoms with Gasteiger partial charge in [-0.15, -0.1) is 0 Å². The van der Waals surface area contributed by atoms with E-state index < -0.39 is 0 Å². The van der Waals surface area contributed by atoms with Crippen molar-refractivity contribution >= 4 is 23.7 Å². The minimum atomic E-state index is 0.748. The van der Waals surface area contributed by atoms with Gasteiger partial charge in [-0.25, -0.2) is 9.97 Å². The van der Waals surface area contributed by atoms with Crippen molar-refractivity contribution in [2.75, 3.05) is 67.1 Å². The third-order valence-electron chi connectivity index (χ3n) is 5.40. The molecule has 2 aromatic rings. The normalized spacial score (nSPS) is 18.0. The summed E-state index contributed by atoms with van der Waals surface area (Å²) in [4.78, 5) is 28.6. The molecule has 1 aromatic heterocycles. The van der Waals surface area contributed by atoms with Crippen molar-refractivity contribution in [3.63, 3.8) is 0 Å². The lowest BCUT2D eigenvalue weighted by atomic mass is 10.2. The molecule has 0 spiro atoms. The highest BCUT2D eigenvalue weighted by atomic mass is 16.1. The predicted octanol–water partition coefficient (Wildman–Crippen LogP) is 1.39. The van der Waals surface area contributed by atoms with Crippen LogP contribution in [0.2, 0.25) is 0 Å². The van der Waals surface area contributed by atoms with Crippen molar-refractivity contribution in [2.24, 2.45) is 0 Å². The van der Waals surface area contributed by atoms with E-state index in [-0.39, 0.29) is 0 Å². The van der Waals surface area contributed by atoms with Gasteiger partial charge in [0.1, 0.15) is 18.0 Å². The highest BCUT2D eigenvalue weighted by Gasteiger charge is 2.21. The fourth-order valence-electron chi connectivity index (χ4n) is 3.76. The molecule has 0 atom stereocenters. The maximum absolute atomic E-state index is 10.9. The van der Waals surface area contributed by atoms with Gasteiger partial charge < -0.3 is 19.6 Å². The number of nitrogens with zero attached hydrogens (tertiary/aromatic N) is 6. The molecule has 0 saturated carbocycles. The molecular formula is C20H26N6O. The summed E-state index contributed by atoms with van der Waals surface area (Å²) >= 11 is 0. The van der Waals surface area contributed by atoms with E-state index in [0.717, 1.165) is 70.4 Å². The van der Waals surface area contributed by atoms with Crippen LogP contribution in [0, 0.1) is 6.92 Å². The summed E-state index contributed by atoms with van der Waals surface area (Å²) in [6.07, 6.45) is 2.58. The number of rotatable bonds is 4. The van der Waals surface area contributed by atoms with E-state index in [4.69, 9.17) is 0 Å². The molecule has 4 rings (SSSR count). The van der Waals surface area contributed by atoms with E-state index in [0.29, 0.717) is 0 Å². The van der Waals surface area contributed by atoms with Crippen LogP contribution in [0.25, 0.3) is 0 Å². The van der Waals surface area contributed by atoms with Crippen molar-refractivity contribution in [3.8, 4) is 0 Å². The first-order valence-electron chi connectivity index (χ1n) is 9.56. The second-order valence-corrected chi connectivity index (χ2v) is 7.18. The first-order valence-corrected chi connectivity index (χ1v) is 9.56. The van der Waals surface area contributed by atoms with E-state index in [1.165, 1.54) is 11.3 Å². The van der Waals surface area contributed by atoms with Crippen LogP contribution in [-0.4, -0.2) is 73.6 Å². The van der Waals surface area contributed by atoms with Gasteiger partial charge in [0.2, 0.25) is 6.41 Å². The number of hydrogen-bond donors (Lipinski definition) is 0. The van der Waals surface area contributed by atoms with Crippen LogP contribution < -0.4 is 14.7 Å². The molecule has 2 saturated heterocycles. The highest BCUT2D eigenvalue weighted by molar-refractivity contribution is 5.54. The molecule has 1 amide bonds. The number of hydrogen-bond acceptors (Lipinski definition) is 6. The predicted molar refractivity (Wildman–Crippen MR) is 107 cm³/mol. The number of amides is 1. The molecule has 27 heavy (non-hydrogen) atoms. The summed E-state index contributed by atoms with van der Waals surface area (Å²) in [5.41, 5.74) is 2.59. The van der Waals surface area contributed by atoms with Crippen molar-refractivity contribution in [3.05, 3.63) is 42.2 Å². The Labute approximate surface area is 160 Å². The van der Waals surface area contributed by atoms with Crippen LogP contribution in [0.15, 0.2) is 36.7 Å². The molecule has 0 bridgehead atoms. The van der Waals surface area contributed by atoms with Crippen LogP contribution in [0.5, 0.6) is 0 Å². The Bertz CT molecular complexity index is 782. The lowest BCUT2D eigenvalue weighted by molar-refractivity contribution is -0.118. The van der Waals surface area contributed by atoms with Gasteiger partial charge in [0, 0.05) is 64.1 Å². The Morgan fingerprint density at radius 2 is 1.41 bits per heavy atom. The van der Waals surface area contributed by atoms with Gasteiger partial charge in [-0.1, -0.05) is 12.1 Å². The zero-order chi connectivity index (χ0) is 18.6. The number of aromatic nitrogens is 2. The van der Waals surface area contributed by atoms with Gasteiger partial charge in [-0.05, 0) is 24.6 Å². The van der Waals surface area contributed by atoms with E-state index in [1.54, 1.807) is 6.33 Å². The van der Waals surface area contributed by atoms with Gasteiger partial charge >= 0.3 is 0 Å². The Balaban J connectivity index is 1.39. The molecule has 142 valence electrons. The molecule has 1 aromatic carbocycles. The van der Waals surface area contributed by atoms with Crippen molar-refractivity contribution in [1.82, 2.24) is 14.9 Å². The Hall–Kier alpha value is -2.83. The van der Waals surface area contributed by atoms with Crippen LogP contribution in [-0.2, 0) is 4.79 Å². The summed E-state index contributed by atoms with van der Waals surface area (Å²) < 4.78 is 0. The number of benzene rings is 1. The van der Waals surface area contributed by atoms with E-state index in [9.17, 15) is 4.79 Å². The minimum absolute atomic E-state index is 0.748. The van der Waals surface area contributed by atoms with Gasteiger partial charge in [-0.2, -0.15) is 0 Å². The zero-order valence-corrected chi connectivity index (χ0v) is 15.8. The van der Waals surface area contributed by atoms with Crippen molar-refractivity contribution in [1.29, 1.82) is 0 Å². The lowest BCUT2D eigenvalue weighted by Gasteiger charge is -2.37. The smallest absolute Gasteiger partial charge is 0.209 e. The number of anilines is 3. The lowest BCUT2D eigenvalue weighted by Crippen LogP contribution is -2.47. The molecule has 0 unspecified atom stereocenters. The topological polar surface area (TPSA) is 55.8 Å². The molecule has 0 radical (unpaired) electrons. The van der Waals surface area contributed by atoms with Gasteiger partial charge in [0.15, 0.2) is 0 Å². The quantitative estimate of drug-likeness (QED) is 0.763. The summed E-state index contributed by atoms with van der Waals surface area (Å²) in [6.45, 7) is 9.13. The molecule has 0 aliphatic carbocycles. The van der Waals surface area contributed by atoms with E-state index in [1.807, 2.05) is 4.90 Å². The summed E-state index contributed by atoms with van der Waals surface area (Å²) in [6, 6.07) is 10.8. The van der Waals surface area contributed by atoms with E-state index >= 15 is 0 Å². The third-order valence-corrected chi connectivity index (χ3v) is 5.40. The molecule has 3 heterocycles. The maximum atomic E-state index is 10.9. The Morgan fingerprint density at radius 3 is 2.00 bits per heavy atom. The minimum Gasteiger partial charge on any atom is -0.368 e. The van der Waals surface area contributed by atoms with Gasteiger partial charge in [0.25, 0.3) is 0 Å². The van der Waals surface area contributed by atoms with Gasteiger partial charge in [0.05, 0.1) is 0 Å². The second-order valence-electron chi connectivity index (χ2n) is 7.18. The summed E-state index contributed by atoms with van der Waals surface area (Å²) in [7, 11) is 0. The maximum Gasteiger partial charge on any atom is 0.209 e. The molecule has 7 heteroatoms. The molecule has 2 aliphatic rings. The molecule has 2 aliphatic heterocycles. The van der Waals surface area contributed by atoms with Crippen LogP contribution in [0.1, 0.15) is 5.56 Å². The number of carbonyl (C=O) groups excluding carboxylic acids is 1. The first kappa shape index (κ1) is 17.6. The van der Waals surface area contributed by atoms with Crippen molar-refractivity contribution < 1.29 is 4.79 Å². The Kier molecular flexibility index (Phi) is 5.09.